The maximum atomic E-state index is 12.2. The van der Waals surface area contributed by atoms with E-state index in [9.17, 15) is 19.7 Å². The maximum absolute atomic E-state index is 12.2. The number of carbonyl (C=O) groups excluding carboxylic acids is 2. The Labute approximate surface area is 159 Å². The van der Waals surface area contributed by atoms with E-state index < -0.39 is 29.2 Å². The fourth-order valence-electron chi connectivity index (χ4n) is 2.37. The Morgan fingerprint density at radius 2 is 2.11 bits per heavy atom. The predicted molar refractivity (Wildman–Crippen MR) is 99.4 cm³/mol. The third kappa shape index (κ3) is 4.79. The number of aryl methyl sites for hydroxylation is 1. The van der Waals surface area contributed by atoms with Gasteiger partial charge >= 0.3 is 11.8 Å². The molecule has 0 aliphatic carbocycles. The molecule has 0 saturated heterocycles. The summed E-state index contributed by atoms with van der Waals surface area (Å²) in [5, 5.41) is 13.9. The van der Waals surface area contributed by atoms with Crippen molar-refractivity contribution in [3.05, 3.63) is 44.4 Å². The molecular formula is C17H19N3O6S. The van der Waals surface area contributed by atoms with E-state index >= 15 is 0 Å². The summed E-state index contributed by atoms with van der Waals surface area (Å²) in [6.07, 6.45) is 1.97. The number of carbonyl (C=O) groups is 2. The molecule has 2 aromatic rings. The Bertz CT molecular complexity index is 864. The largest absolute Gasteiger partial charge is 0.476 e. The SMILES string of the molecule is CCOC(=O)c1c(NC(=O)COc2cccnc2[N+](=O)[O-])sc(CC)c1C. The Hall–Kier alpha value is -3.01. The van der Waals surface area contributed by atoms with Crippen LogP contribution in [0.25, 0.3) is 0 Å². The van der Waals surface area contributed by atoms with Crippen LogP contribution in [0.1, 0.15) is 34.6 Å². The summed E-state index contributed by atoms with van der Waals surface area (Å²) in [5.74, 6) is -1.65. The molecular weight excluding hydrogens is 374 g/mol. The lowest BCUT2D eigenvalue weighted by Crippen LogP contribution is -2.21. The van der Waals surface area contributed by atoms with E-state index in [0.717, 1.165) is 10.4 Å². The molecule has 0 radical (unpaired) electrons. The highest BCUT2D eigenvalue weighted by atomic mass is 32.1. The molecule has 0 aromatic carbocycles. The van der Waals surface area contributed by atoms with E-state index in [0.29, 0.717) is 17.0 Å². The fraction of sp³-hybridized carbons (Fsp3) is 0.353. The number of pyridine rings is 1. The molecule has 0 bridgehead atoms. The highest BCUT2D eigenvalue weighted by Gasteiger charge is 2.23. The summed E-state index contributed by atoms with van der Waals surface area (Å²) >= 11 is 1.29. The number of ether oxygens (including phenoxy) is 2. The van der Waals surface area contributed by atoms with Gasteiger partial charge in [0.1, 0.15) is 11.2 Å². The Kier molecular flexibility index (Phi) is 6.83. The molecule has 2 heterocycles. The van der Waals surface area contributed by atoms with Gasteiger partial charge in [-0.25, -0.2) is 4.79 Å². The Morgan fingerprint density at radius 3 is 2.74 bits per heavy atom. The number of nitrogens with zero attached hydrogens (tertiary/aromatic N) is 2. The number of rotatable bonds is 8. The lowest BCUT2D eigenvalue weighted by Gasteiger charge is -2.08. The molecule has 0 saturated carbocycles. The third-order valence-corrected chi connectivity index (χ3v) is 4.93. The monoisotopic (exact) mass is 393 g/mol. The highest BCUT2D eigenvalue weighted by molar-refractivity contribution is 7.17. The summed E-state index contributed by atoms with van der Waals surface area (Å²) in [5.41, 5.74) is 1.08. The Morgan fingerprint density at radius 1 is 1.37 bits per heavy atom. The van der Waals surface area contributed by atoms with Crippen LogP contribution in [-0.2, 0) is 16.0 Å². The van der Waals surface area contributed by atoms with Gasteiger partial charge in [-0.15, -0.1) is 11.3 Å². The number of hydrogen-bond donors (Lipinski definition) is 1. The van der Waals surface area contributed by atoms with E-state index in [2.05, 4.69) is 10.3 Å². The van der Waals surface area contributed by atoms with E-state index in [-0.39, 0.29) is 12.4 Å². The quantitative estimate of drug-likeness (QED) is 0.415. The summed E-state index contributed by atoms with van der Waals surface area (Å²) in [4.78, 5) is 39.2. The van der Waals surface area contributed by atoms with Crippen molar-refractivity contribution in [1.82, 2.24) is 4.98 Å². The van der Waals surface area contributed by atoms with Gasteiger partial charge in [0.05, 0.1) is 12.2 Å². The molecule has 0 spiro atoms. The third-order valence-electron chi connectivity index (χ3n) is 3.58. The van der Waals surface area contributed by atoms with Gasteiger partial charge in [0.2, 0.25) is 5.75 Å². The second-order valence-electron chi connectivity index (χ2n) is 5.35. The number of anilines is 1. The normalized spacial score (nSPS) is 10.3. The molecule has 27 heavy (non-hydrogen) atoms. The molecule has 0 atom stereocenters. The minimum atomic E-state index is -0.692. The van der Waals surface area contributed by atoms with E-state index in [4.69, 9.17) is 9.47 Å². The van der Waals surface area contributed by atoms with Crippen LogP contribution in [0.3, 0.4) is 0 Å². The van der Waals surface area contributed by atoms with Crippen LogP contribution in [0.5, 0.6) is 5.75 Å². The Balaban J connectivity index is 2.14. The summed E-state index contributed by atoms with van der Waals surface area (Å²) in [7, 11) is 0. The van der Waals surface area contributed by atoms with Gasteiger partial charge in [0, 0.05) is 4.88 Å². The number of aromatic nitrogens is 1. The molecule has 2 rings (SSSR count). The van der Waals surface area contributed by atoms with Gasteiger partial charge in [-0.3, -0.25) is 4.79 Å². The molecule has 144 valence electrons. The minimum absolute atomic E-state index is 0.111. The van der Waals surface area contributed by atoms with Crippen LogP contribution in [-0.4, -0.2) is 35.0 Å². The number of esters is 1. The van der Waals surface area contributed by atoms with E-state index in [1.165, 1.54) is 29.7 Å². The van der Waals surface area contributed by atoms with Gasteiger partial charge in [0.15, 0.2) is 6.61 Å². The second-order valence-corrected chi connectivity index (χ2v) is 6.45. The van der Waals surface area contributed by atoms with Crippen molar-refractivity contribution in [3.8, 4) is 5.75 Å². The average Bonchev–Trinajstić information content (AvgIpc) is 2.95. The molecule has 1 amide bonds. The first-order chi connectivity index (χ1) is 12.9. The van der Waals surface area contributed by atoms with E-state index in [1.807, 2.05) is 6.92 Å². The lowest BCUT2D eigenvalue weighted by molar-refractivity contribution is -0.390. The number of nitrogens with one attached hydrogen (secondary N) is 1. The molecule has 1 N–H and O–H groups in total. The molecule has 10 heteroatoms. The molecule has 0 fully saturated rings. The summed E-state index contributed by atoms with van der Waals surface area (Å²) in [6.45, 7) is 5.20. The highest BCUT2D eigenvalue weighted by Crippen LogP contribution is 2.34. The van der Waals surface area contributed by atoms with Gasteiger partial charge in [-0.05, 0) is 47.9 Å². The number of hydrogen-bond acceptors (Lipinski definition) is 8. The van der Waals surface area contributed by atoms with Crippen LogP contribution in [0.2, 0.25) is 0 Å². The van der Waals surface area contributed by atoms with Crippen molar-refractivity contribution in [2.45, 2.75) is 27.2 Å². The van der Waals surface area contributed by atoms with Gasteiger partial charge < -0.3 is 24.9 Å². The maximum Gasteiger partial charge on any atom is 0.406 e. The molecule has 0 unspecified atom stereocenters. The zero-order valence-electron chi connectivity index (χ0n) is 15.1. The number of amides is 1. The van der Waals surface area contributed by atoms with Crippen molar-refractivity contribution in [2.75, 3.05) is 18.5 Å². The van der Waals surface area contributed by atoms with Crippen molar-refractivity contribution in [1.29, 1.82) is 0 Å². The minimum Gasteiger partial charge on any atom is -0.476 e. The van der Waals surface area contributed by atoms with Crippen molar-refractivity contribution in [2.24, 2.45) is 0 Å². The average molecular weight is 393 g/mol. The summed E-state index contributed by atoms with van der Waals surface area (Å²) in [6, 6.07) is 2.82. The first-order valence-corrected chi connectivity index (χ1v) is 9.02. The van der Waals surface area contributed by atoms with Crippen molar-refractivity contribution >= 4 is 34.0 Å². The van der Waals surface area contributed by atoms with Crippen molar-refractivity contribution < 1.29 is 24.0 Å². The van der Waals surface area contributed by atoms with Crippen LogP contribution >= 0.6 is 11.3 Å². The van der Waals surface area contributed by atoms with Gasteiger partial charge in [-0.1, -0.05) is 6.92 Å². The molecule has 0 aliphatic heterocycles. The fourth-order valence-corrected chi connectivity index (χ4v) is 3.52. The molecule has 9 nitrogen and oxygen atoms in total. The smallest absolute Gasteiger partial charge is 0.406 e. The van der Waals surface area contributed by atoms with Gasteiger partial charge in [-0.2, -0.15) is 0 Å². The zero-order chi connectivity index (χ0) is 20.0. The van der Waals surface area contributed by atoms with Crippen molar-refractivity contribution in [3.63, 3.8) is 0 Å². The number of nitro groups is 1. The topological polar surface area (TPSA) is 121 Å². The molecule has 2 aromatic heterocycles. The molecule has 0 aliphatic rings. The van der Waals surface area contributed by atoms with Crippen LogP contribution in [0, 0.1) is 17.0 Å². The standard InChI is InChI=1S/C17H19N3O6S/c1-4-12-10(3)14(17(22)25-5-2)16(27-12)19-13(21)9-26-11-7-6-8-18-15(11)20(23)24/h6-8H,4-5,9H2,1-3H3,(H,19,21). The second kappa shape index (κ2) is 9.08. The predicted octanol–water partition coefficient (Wildman–Crippen LogP) is 3.12. The summed E-state index contributed by atoms with van der Waals surface area (Å²) < 4.78 is 10.3. The van der Waals surface area contributed by atoms with Gasteiger partial charge in [0.25, 0.3) is 5.91 Å². The van der Waals surface area contributed by atoms with E-state index in [1.54, 1.807) is 13.8 Å². The first-order valence-electron chi connectivity index (χ1n) is 8.20. The van der Waals surface area contributed by atoms with Crippen LogP contribution in [0.15, 0.2) is 18.3 Å². The first kappa shape index (κ1) is 20.3. The van der Waals surface area contributed by atoms with Crippen LogP contribution < -0.4 is 10.1 Å². The number of thiophene rings is 1. The lowest BCUT2D eigenvalue weighted by atomic mass is 10.1. The van der Waals surface area contributed by atoms with Crippen LogP contribution in [0.4, 0.5) is 10.8 Å². The zero-order valence-corrected chi connectivity index (χ0v) is 15.9.